The molecule has 0 saturated carbocycles. The van der Waals surface area contributed by atoms with Crippen LogP contribution in [-0.4, -0.2) is 36.2 Å². The number of nitrogens with zero attached hydrogens (tertiary/aromatic N) is 1. The normalized spacial score (nSPS) is 19.1. The van der Waals surface area contributed by atoms with E-state index >= 15 is 0 Å². The number of amides is 1. The highest BCUT2D eigenvalue weighted by Gasteiger charge is 2.29. The van der Waals surface area contributed by atoms with Crippen LogP contribution in [0.15, 0.2) is 29.2 Å². The predicted octanol–water partition coefficient (Wildman–Crippen LogP) is 2.76. The quantitative estimate of drug-likeness (QED) is 0.875. The van der Waals surface area contributed by atoms with Gasteiger partial charge in [-0.05, 0) is 36.6 Å². The molecule has 0 radical (unpaired) electrons. The van der Waals surface area contributed by atoms with Crippen molar-refractivity contribution in [3.8, 4) is 0 Å². The molecule has 2 rings (SSSR count). The Hall–Kier alpha value is -1.00. The van der Waals surface area contributed by atoms with Gasteiger partial charge in [0.05, 0.1) is 5.25 Å². The van der Waals surface area contributed by atoms with Crippen molar-refractivity contribution < 1.29 is 4.79 Å². The third kappa shape index (κ3) is 4.25. The summed E-state index contributed by atoms with van der Waals surface area (Å²) >= 11 is 1.69. The van der Waals surface area contributed by atoms with Crippen LogP contribution >= 0.6 is 11.8 Å². The van der Waals surface area contributed by atoms with Crippen LogP contribution in [0.25, 0.3) is 0 Å². The second kappa shape index (κ2) is 7.14. The topological polar surface area (TPSA) is 32.3 Å². The lowest BCUT2D eigenvalue weighted by atomic mass is 10.2. The maximum Gasteiger partial charge on any atom is 0.235 e. The van der Waals surface area contributed by atoms with Gasteiger partial charge >= 0.3 is 0 Å². The Morgan fingerprint density at radius 1 is 1.35 bits per heavy atom. The van der Waals surface area contributed by atoms with E-state index < -0.39 is 0 Å². The molecule has 0 aromatic heterocycles. The smallest absolute Gasteiger partial charge is 0.235 e. The molecule has 1 aromatic rings. The fourth-order valence-electron chi connectivity index (χ4n) is 2.26. The zero-order chi connectivity index (χ0) is 14.5. The van der Waals surface area contributed by atoms with E-state index in [1.807, 2.05) is 11.9 Å². The van der Waals surface area contributed by atoms with E-state index in [2.05, 4.69) is 43.4 Å². The molecule has 4 heteroatoms. The minimum atomic E-state index is 0.102. The van der Waals surface area contributed by atoms with E-state index in [1.54, 1.807) is 11.8 Å². The van der Waals surface area contributed by atoms with Crippen molar-refractivity contribution in [2.24, 2.45) is 5.92 Å². The number of rotatable bonds is 6. The number of hydrogen-bond donors (Lipinski definition) is 1. The van der Waals surface area contributed by atoms with Gasteiger partial charge in [-0.3, -0.25) is 4.79 Å². The van der Waals surface area contributed by atoms with E-state index in [0.29, 0.717) is 5.92 Å². The molecule has 0 aliphatic carbocycles. The third-order valence-electron chi connectivity index (χ3n) is 3.46. The summed E-state index contributed by atoms with van der Waals surface area (Å²) in [5.74, 6) is 0.938. The largest absolute Gasteiger partial charge is 0.345 e. The summed E-state index contributed by atoms with van der Waals surface area (Å²) < 4.78 is 0. The number of likely N-dealkylation sites (tertiary alicyclic amines) is 1. The molecule has 0 spiro atoms. The molecular formula is C16H24N2OS. The van der Waals surface area contributed by atoms with Crippen LogP contribution in [0.3, 0.4) is 0 Å². The molecule has 110 valence electrons. The lowest BCUT2D eigenvalue weighted by molar-refractivity contribution is -0.126. The fraction of sp³-hybridized carbons (Fsp3) is 0.562. The highest BCUT2D eigenvalue weighted by molar-refractivity contribution is 8.00. The maximum atomic E-state index is 11.9. The summed E-state index contributed by atoms with van der Waals surface area (Å²) in [5.41, 5.74) is 1.30. The van der Waals surface area contributed by atoms with Gasteiger partial charge in [0.1, 0.15) is 0 Å². The Bertz CT molecular complexity index is 444. The Kier molecular flexibility index (Phi) is 5.49. The first-order valence-electron chi connectivity index (χ1n) is 7.27. The molecule has 1 saturated heterocycles. The first kappa shape index (κ1) is 15.4. The van der Waals surface area contributed by atoms with Gasteiger partial charge in [-0.15, -0.1) is 11.8 Å². The van der Waals surface area contributed by atoms with Crippen molar-refractivity contribution in [1.29, 1.82) is 0 Å². The summed E-state index contributed by atoms with van der Waals surface area (Å²) in [4.78, 5) is 14.9. The predicted molar refractivity (Wildman–Crippen MR) is 84.9 cm³/mol. The summed E-state index contributed by atoms with van der Waals surface area (Å²) in [5, 5.41) is 3.54. The fourth-order valence-corrected chi connectivity index (χ4v) is 3.38. The Morgan fingerprint density at radius 2 is 2.05 bits per heavy atom. The average molecular weight is 292 g/mol. The summed E-state index contributed by atoms with van der Waals surface area (Å²) in [6.07, 6.45) is 0.956. The van der Waals surface area contributed by atoms with Crippen LogP contribution in [0.5, 0.6) is 0 Å². The van der Waals surface area contributed by atoms with Gasteiger partial charge in [0.25, 0.3) is 0 Å². The molecule has 1 aliphatic rings. The van der Waals surface area contributed by atoms with Crippen LogP contribution in [-0.2, 0) is 11.3 Å². The molecule has 1 fully saturated rings. The van der Waals surface area contributed by atoms with Gasteiger partial charge in [0.2, 0.25) is 5.91 Å². The summed E-state index contributed by atoms with van der Waals surface area (Å²) in [6.45, 7) is 7.26. The van der Waals surface area contributed by atoms with Gasteiger partial charge in [0, 0.05) is 25.0 Å². The van der Waals surface area contributed by atoms with Crippen molar-refractivity contribution in [2.75, 3.05) is 20.1 Å². The van der Waals surface area contributed by atoms with Crippen LogP contribution in [0, 0.1) is 5.92 Å². The molecule has 20 heavy (non-hydrogen) atoms. The van der Waals surface area contributed by atoms with Crippen molar-refractivity contribution >= 4 is 17.7 Å². The van der Waals surface area contributed by atoms with Crippen molar-refractivity contribution in [3.05, 3.63) is 29.8 Å². The lowest BCUT2D eigenvalue weighted by Gasteiger charge is -2.11. The van der Waals surface area contributed by atoms with Crippen LogP contribution in [0.1, 0.15) is 25.8 Å². The second-order valence-electron chi connectivity index (χ2n) is 5.82. The number of carbonyl (C=O) groups excluding carboxylic acids is 1. The van der Waals surface area contributed by atoms with E-state index in [1.165, 1.54) is 10.5 Å². The summed E-state index contributed by atoms with van der Waals surface area (Å²) in [6, 6.07) is 8.56. The van der Waals surface area contributed by atoms with Gasteiger partial charge < -0.3 is 10.2 Å². The average Bonchev–Trinajstić information content (AvgIpc) is 2.72. The van der Waals surface area contributed by atoms with Crippen molar-refractivity contribution in [2.45, 2.75) is 37.0 Å². The molecular weight excluding hydrogens is 268 g/mol. The molecule has 1 atom stereocenters. The Balaban J connectivity index is 1.84. The standard InChI is InChI=1S/C16H24N2OS/c1-12(2)10-17-11-13-4-6-14(7-5-13)20-15-8-9-18(3)16(15)19/h4-7,12,15,17H,8-11H2,1-3H3. The highest BCUT2D eigenvalue weighted by atomic mass is 32.2. The van der Waals surface area contributed by atoms with E-state index in [0.717, 1.165) is 26.1 Å². The minimum Gasteiger partial charge on any atom is -0.345 e. The van der Waals surface area contributed by atoms with E-state index in [-0.39, 0.29) is 11.2 Å². The SMILES string of the molecule is CC(C)CNCc1ccc(SC2CCN(C)C2=O)cc1. The monoisotopic (exact) mass is 292 g/mol. The van der Waals surface area contributed by atoms with Gasteiger partial charge in [-0.2, -0.15) is 0 Å². The molecule has 1 aromatic carbocycles. The minimum absolute atomic E-state index is 0.102. The Morgan fingerprint density at radius 3 is 2.60 bits per heavy atom. The molecule has 1 aliphatic heterocycles. The van der Waals surface area contributed by atoms with E-state index in [4.69, 9.17) is 0 Å². The van der Waals surface area contributed by atoms with Gasteiger partial charge in [-0.1, -0.05) is 26.0 Å². The highest BCUT2D eigenvalue weighted by Crippen LogP contribution is 2.30. The van der Waals surface area contributed by atoms with Crippen molar-refractivity contribution in [1.82, 2.24) is 10.2 Å². The van der Waals surface area contributed by atoms with Crippen LogP contribution in [0.2, 0.25) is 0 Å². The maximum absolute atomic E-state index is 11.9. The van der Waals surface area contributed by atoms with Crippen molar-refractivity contribution in [3.63, 3.8) is 0 Å². The number of hydrogen-bond acceptors (Lipinski definition) is 3. The number of carbonyl (C=O) groups is 1. The summed E-state index contributed by atoms with van der Waals surface area (Å²) in [7, 11) is 1.88. The number of nitrogens with one attached hydrogen (secondary N) is 1. The molecule has 3 nitrogen and oxygen atoms in total. The van der Waals surface area contributed by atoms with Crippen LogP contribution < -0.4 is 5.32 Å². The van der Waals surface area contributed by atoms with Crippen LogP contribution in [0.4, 0.5) is 0 Å². The zero-order valence-corrected chi connectivity index (χ0v) is 13.4. The first-order valence-corrected chi connectivity index (χ1v) is 8.15. The number of thioether (sulfide) groups is 1. The van der Waals surface area contributed by atoms with Gasteiger partial charge in [0.15, 0.2) is 0 Å². The zero-order valence-electron chi connectivity index (χ0n) is 12.6. The second-order valence-corrected chi connectivity index (χ2v) is 7.10. The molecule has 1 amide bonds. The molecule has 1 N–H and O–H groups in total. The third-order valence-corrected chi connectivity index (χ3v) is 4.73. The first-order chi connectivity index (χ1) is 9.56. The van der Waals surface area contributed by atoms with E-state index in [9.17, 15) is 4.79 Å². The lowest BCUT2D eigenvalue weighted by Crippen LogP contribution is -2.23. The molecule has 1 heterocycles. The Labute approximate surface area is 126 Å². The molecule has 0 bridgehead atoms. The molecule has 1 unspecified atom stereocenters. The van der Waals surface area contributed by atoms with Gasteiger partial charge in [-0.25, -0.2) is 0 Å². The number of benzene rings is 1.